The van der Waals surface area contributed by atoms with Crippen LogP contribution in [0.2, 0.25) is 0 Å². The van der Waals surface area contributed by atoms with Crippen molar-refractivity contribution in [1.82, 2.24) is 5.32 Å². The van der Waals surface area contributed by atoms with E-state index in [4.69, 9.17) is 4.74 Å². The maximum absolute atomic E-state index is 12.1. The molecule has 1 N–H and O–H groups in total. The molecule has 1 aliphatic rings. The van der Waals surface area contributed by atoms with E-state index in [0.717, 1.165) is 20.4 Å². The van der Waals surface area contributed by atoms with E-state index in [0.29, 0.717) is 23.9 Å². The van der Waals surface area contributed by atoms with Gasteiger partial charge in [-0.05, 0) is 56.0 Å². The summed E-state index contributed by atoms with van der Waals surface area (Å²) < 4.78 is 7.58. The van der Waals surface area contributed by atoms with Gasteiger partial charge in [0.15, 0.2) is 0 Å². The van der Waals surface area contributed by atoms with Crippen LogP contribution in [0.1, 0.15) is 15.2 Å². The van der Waals surface area contributed by atoms with Crippen LogP contribution in [0.5, 0.6) is 5.75 Å². The zero-order valence-corrected chi connectivity index (χ0v) is 15.1. The summed E-state index contributed by atoms with van der Waals surface area (Å²) in [4.78, 5) is 12.8. The summed E-state index contributed by atoms with van der Waals surface area (Å²) in [6.45, 7) is 1.27. The lowest BCUT2D eigenvalue weighted by atomic mass is 9.97. The van der Waals surface area contributed by atoms with Crippen molar-refractivity contribution < 1.29 is 9.53 Å². The Morgan fingerprint density at radius 1 is 1.38 bits per heavy atom. The quantitative estimate of drug-likeness (QED) is 0.790. The first-order valence-corrected chi connectivity index (χ1v) is 8.97. The summed E-state index contributed by atoms with van der Waals surface area (Å²) in [5, 5.41) is 2.99. The third kappa shape index (κ3) is 3.49. The second-order valence-corrected chi connectivity index (χ2v) is 8.16. The molecular formula is C15H13Br2NO2S. The van der Waals surface area contributed by atoms with Gasteiger partial charge in [-0.2, -0.15) is 0 Å². The van der Waals surface area contributed by atoms with Crippen molar-refractivity contribution in [3.05, 3.63) is 49.0 Å². The maximum atomic E-state index is 12.1. The summed E-state index contributed by atoms with van der Waals surface area (Å²) in [7, 11) is 0. The molecule has 0 aliphatic carbocycles. The smallest absolute Gasteiger partial charge is 0.261 e. The third-order valence-electron chi connectivity index (χ3n) is 3.38. The van der Waals surface area contributed by atoms with Crippen molar-refractivity contribution in [2.45, 2.75) is 6.42 Å². The van der Waals surface area contributed by atoms with Crippen molar-refractivity contribution in [3.63, 3.8) is 0 Å². The molecule has 0 spiro atoms. The molecule has 1 aromatic carbocycles. The Kier molecular flexibility index (Phi) is 4.66. The van der Waals surface area contributed by atoms with Crippen molar-refractivity contribution >= 4 is 49.1 Å². The molecule has 1 unspecified atom stereocenters. The molecule has 0 fully saturated rings. The van der Waals surface area contributed by atoms with E-state index in [1.165, 1.54) is 16.9 Å². The van der Waals surface area contributed by atoms with Gasteiger partial charge < -0.3 is 10.1 Å². The number of hydrogen-bond donors (Lipinski definition) is 1. The van der Waals surface area contributed by atoms with Crippen molar-refractivity contribution in [3.8, 4) is 5.75 Å². The molecule has 1 atom stereocenters. The van der Waals surface area contributed by atoms with E-state index < -0.39 is 0 Å². The fourth-order valence-electron chi connectivity index (χ4n) is 2.30. The highest BCUT2D eigenvalue weighted by Crippen LogP contribution is 2.32. The van der Waals surface area contributed by atoms with Crippen LogP contribution in [0.15, 0.2) is 38.6 Å². The lowest BCUT2D eigenvalue weighted by Gasteiger charge is -2.25. The summed E-state index contributed by atoms with van der Waals surface area (Å²) >= 11 is 8.22. The second kappa shape index (κ2) is 6.50. The predicted molar refractivity (Wildman–Crippen MR) is 91.2 cm³/mol. The number of para-hydroxylation sites is 1. The first-order valence-electron chi connectivity index (χ1n) is 6.57. The van der Waals surface area contributed by atoms with Crippen LogP contribution in [0.25, 0.3) is 0 Å². The Labute approximate surface area is 144 Å². The summed E-state index contributed by atoms with van der Waals surface area (Å²) in [6.07, 6.45) is 0.939. The van der Waals surface area contributed by atoms with E-state index in [-0.39, 0.29) is 5.91 Å². The van der Waals surface area contributed by atoms with Crippen molar-refractivity contribution in [2.24, 2.45) is 5.92 Å². The molecule has 1 aliphatic heterocycles. The summed E-state index contributed by atoms with van der Waals surface area (Å²) in [5.74, 6) is 1.24. The van der Waals surface area contributed by atoms with Gasteiger partial charge in [-0.3, -0.25) is 4.79 Å². The average Bonchev–Trinajstić information content (AvgIpc) is 2.84. The van der Waals surface area contributed by atoms with Crippen LogP contribution in [-0.4, -0.2) is 19.1 Å². The van der Waals surface area contributed by atoms with Gasteiger partial charge in [0.05, 0.1) is 15.3 Å². The number of carbonyl (C=O) groups is 1. The number of ether oxygens (including phenoxy) is 1. The topological polar surface area (TPSA) is 38.3 Å². The monoisotopic (exact) mass is 429 g/mol. The van der Waals surface area contributed by atoms with Gasteiger partial charge >= 0.3 is 0 Å². The largest absolute Gasteiger partial charge is 0.493 e. The van der Waals surface area contributed by atoms with Gasteiger partial charge in [0.2, 0.25) is 0 Å². The number of halogens is 2. The number of benzene rings is 1. The Hall–Kier alpha value is -0.850. The molecular weight excluding hydrogens is 418 g/mol. The highest BCUT2D eigenvalue weighted by molar-refractivity contribution is 9.13. The molecule has 2 heterocycles. The molecule has 0 saturated carbocycles. The number of fused-ring (bicyclic) bond motifs is 1. The van der Waals surface area contributed by atoms with E-state index in [1.807, 2.05) is 24.3 Å². The Morgan fingerprint density at radius 2 is 2.19 bits per heavy atom. The second-order valence-electron chi connectivity index (χ2n) is 4.93. The van der Waals surface area contributed by atoms with Gasteiger partial charge in [0.25, 0.3) is 5.91 Å². The van der Waals surface area contributed by atoms with Crippen LogP contribution in [0.4, 0.5) is 0 Å². The Bertz CT molecular complexity index is 652. The molecule has 3 nitrogen and oxygen atoms in total. The van der Waals surface area contributed by atoms with Crippen LogP contribution in [-0.2, 0) is 6.42 Å². The molecule has 2 aromatic rings. The molecule has 0 radical (unpaired) electrons. The molecule has 3 rings (SSSR count). The lowest BCUT2D eigenvalue weighted by molar-refractivity contribution is 0.0943. The highest BCUT2D eigenvalue weighted by atomic mass is 79.9. The summed E-state index contributed by atoms with van der Waals surface area (Å²) in [6, 6.07) is 9.90. The fraction of sp³-hybridized carbons (Fsp3) is 0.267. The number of nitrogens with one attached hydrogen (secondary N) is 1. The van der Waals surface area contributed by atoms with Crippen LogP contribution in [0, 0.1) is 5.92 Å². The van der Waals surface area contributed by atoms with Crippen LogP contribution in [0.3, 0.4) is 0 Å². The first kappa shape index (κ1) is 15.1. The minimum atomic E-state index is -0.0368. The Morgan fingerprint density at radius 3 is 2.95 bits per heavy atom. The third-order valence-corrected chi connectivity index (χ3v) is 6.63. The van der Waals surface area contributed by atoms with E-state index in [2.05, 4.69) is 43.2 Å². The maximum Gasteiger partial charge on any atom is 0.261 e. The van der Waals surface area contributed by atoms with Crippen LogP contribution < -0.4 is 10.1 Å². The Balaban J connectivity index is 1.58. The lowest BCUT2D eigenvalue weighted by Crippen LogP contribution is -2.34. The molecule has 6 heteroatoms. The SMILES string of the molecule is O=C(NCC1COc2ccccc2C1)c1cc(Br)c(Br)s1. The molecule has 0 saturated heterocycles. The van der Waals surface area contributed by atoms with Gasteiger partial charge in [0.1, 0.15) is 5.75 Å². The van der Waals surface area contributed by atoms with Crippen molar-refractivity contribution in [2.75, 3.05) is 13.2 Å². The fourth-order valence-corrected chi connectivity index (χ4v) is 4.26. The van der Waals surface area contributed by atoms with Gasteiger partial charge in [-0.15, -0.1) is 11.3 Å². The van der Waals surface area contributed by atoms with Crippen LogP contribution >= 0.6 is 43.2 Å². The molecule has 21 heavy (non-hydrogen) atoms. The van der Waals surface area contributed by atoms with E-state index in [1.54, 1.807) is 0 Å². The zero-order chi connectivity index (χ0) is 14.8. The van der Waals surface area contributed by atoms with E-state index >= 15 is 0 Å². The first-order chi connectivity index (χ1) is 10.1. The van der Waals surface area contributed by atoms with Crippen molar-refractivity contribution in [1.29, 1.82) is 0 Å². The minimum absolute atomic E-state index is 0.0368. The molecule has 0 bridgehead atoms. The van der Waals surface area contributed by atoms with E-state index in [9.17, 15) is 4.79 Å². The normalized spacial score (nSPS) is 17.0. The zero-order valence-electron chi connectivity index (χ0n) is 11.1. The minimum Gasteiger partial charge on any atom is -0.493 e. The van der Waals surface area contributed by atoms with Gasteiger partial charge in [0, 0.05) is 16.9 Å². The van der Waals surface area contributed by atoms with Gasteiger partial charge in [-0.25, -0.2) is 0 Å². The molecule has 1 aromatic heterocycles. The molecule has 110 valence electrons. The number of thiophene rings is 1. The number of amides is 1. The molecule has 1 amide bonds. The highest BCUT2D eigenvalue weighted by Gasteiger charge is 2.20. The number of hydrogen-bond acceptors (Lipinski definition) is 3. The standard InChI is InChI=1S/C15H13Br2NO2S/c16-11-6-13(21-14(11)17)15(19)18-7-9-5-10-3-1-2-4-12(10)20-8-9/h1-4,6,9H,5,7-8H2,(H,18,19). The summed E-state index contributed by atoms with van der Waals surface area (Å²) in [5.41, 5.74) is 1.21. The van der Waals surface area contributed by atoms with Gasteiger partial charge in [-0.1, -0.05) is 18.2 Å². The average molecular weight is 431 g/mol. The number of rotatable bonds is 3. The number of carbonyl (C=O) groups excluding carboxylic acids is 1. The predicted octanol–water partition coefficient (Wildman–Crippen LogP) is 4.25.